The molecule has 0 saturated heterocycles. The van der Waals surface area contributed by atoms with Gasteiger partial charge in [-0.25, -0.2) is 4.68 Å². The highest BCUT2D eigenvalue weighted by atomic mass is 35.5. The summed E-state index contributed by atoms with van der Waals surface area (Å²) in [6, 6.07) is 7.47. The zero-order valence-corrected chi connectivity index (χ0v) is 13.9. The fourth-order valence-electron chi connectivity index (χ4n) is 2.41. The minimum atomic E-state index is -0.0544. The molecule has 0 bridgehead atoms. The summed E-state index contributed by atoms with van der Waals surface area (Å²) in [4.78, 5) is 12.3. The highest BCUT2D eigenvalue weighted by molar-refractivity contribution is 6.30. The van der Waals surface area contributed by atoms with Gasteiger partial charge in [0.1, 0.15) is 0 Å². The van der Waals surface area contributed by atoms with Crippen LogP contribution in [0.3, 0.4) is 0 Å². The predicted molar refractivity (Wildman–Crippen MR) is 89.8 cm³/mol. The highest BCUT2D eigenvalue weighted by Gasteiger charge is 2.16. The van der Waals surface area contributed by atoms with Crippen molar-refractivity contribution in [2.75, 3.05) is 6.54 Å². The molecule has 1 amide bonds. The second kappa shape index (κ2) is 7.99. The van der Waals surface area contributed by atoms with Crippen molar-refractivity contribution in [3.8, 4) is 5.69 Å². The van der Waals surface area contributed by atoms with E-state index in [2.05, 4.69) is 17.3 Å². The normalized spacial score (nSPS) is 10.7. The van der Waals surface area contributed by atoms with Crippen LogP contribution in [0.2, 0.25) is 5.02 Å². The highest BCUT2D eigenvalue weighted by Crippen LogP contribution is 2.19. The van der Waals surface area contributed by atoms with E-state index < -0.39 is 0 Å². The van der Waals surface area contributed by atoms with Crippen LogP contribution in [0.1, 0.15) is 49.2 Å². The number of aromatic nitrogens is 2. The van der Waals surface area contributed by atoms with Crippen molar-refractivity contribution in [1.82, 2.24) is 15.1 Å². The third-order valence-electron chi connectivity index (χ3n) is 3.57. The smallest absolute Gasteiger partial charge is 0.254 e. The van der Waals surface area contributed by atoms with Gasteiger partial charge in [0.15, 0.2) is 0 Å². The van der Waals surface area contributed by atoms with E-state index in [1.165, 1.54) is 0 Å². The maximum Gasteiger partial charge on any atom is 0.254 e. The minimum Gasteiger partial charge on any atom is -0.352 e. The molecular weight excluding hydrogens is 298 g/mol. The molecule has 0 saturated carbocycles. The van der Waals surface area contributed by atoms with E-state index in [4.69, 9.17) is 11.6 Å². The van der Waals surface area contributed by atoms with Crippen molar-refractivity contribution in [2.24, 2.45) is 0 Å². The van der Waals surface area contributed by atoms with Gasteiger partial charge in [-0.05, 0) is 31.0 Å². The Labute approximate surface area is 136 Å². The Morgan fingerprint density at radius 2 is 2.14 bits per heavy atom. The molecule has 0 aliphatic rings. The fraction of sp³-hybridized carbons (Fsp3) is 0.412. The Balaban J connectivity index is 2.18. The molecule has 1 aromatic carbocycles. The molecular formula is C17H22ClN3O. The van der Waals surface area contributed by atoms with E-state index in [0.717, 1.165) is 37.1 Å². The van der Waals surface area contributed by atoms with Gasteiger partial charge in [-0.2, -0.15) is 5.10 Å². The molecule has 2 rings (SSSR count). The van der Waals surface area contributed by atoms with Crippen molar-refractivity contribution >= 4 is 17.5 Å². The van der Waals surface area contributed by atoms with E-state index >= 15 is 0 Å². The standard InChI is InChI=1S/C17H22ClN3O/c1-3-5-6-10-19-17(22)15-12-20-21(16(15)4-2)14-9-7-8-13(18)11-14/h7-9,11-12H,3-6,10H2,1-2H3,(H,19,22). The fourth-order valence-corrected chi connectivity index (χ4v) is 2.59. The first-order valence-electron chi connectivity index (χ1n) is 7.78. The number of hydrogen-bond acceptors (Lipinski definition) is 2. The van der Waals surface area contributed by atoms with E-state index in [-0.39, 0.29) is 5.91 Å². The average molecular weight is 320 g/mol. The second-order valence-electron chi connectivity index (χ2n) is 5.21. The summed E-state index contributed by atoms with van der Waals surface area (Å²) < 4.78 is 1.78. The molecule has 0 fully saturated rings. The first-order valence-corrected chi connectivity index (χ1v) is 8.16. The van der Waals surface area contributed by atoms with Gasteiger partial charge in [-0.15, -0.1) is 0 Å². The maximum atomic E-state index is 12.3. The molecule has 5 heteroatoms. The van der Waals surface area contributed by atoms with E-state index in [1.54, 1.807) is 10.9 Å². The molecule has 1 N–H and O–H groups in total. The first-order chi connectivity index (χ1) is 10.7. The molecule has 0 atom stereocenters. The number of carbonyl (C=O) groups is 1. The van der Waals surface area contributed by atoms with Gasteiger partial charge in [0.05, 0.1) is 23.1 Å². The number of rotatable bonds is 7. The van der Waals surface area contributed by atoms with Crippen LogP contribution < -0.4 is 5.32 Å². The Bertz CT molecular complexity index is 637. The van der Waals surface area contributed by atoms with E-state index in [1.807, 2.05) is 31.2 Å². The lowest BCUT2D eigenvalue weighted by Gasteiger charge is -2.09. The molecule has 0 aliphatic heterocycles. The number of nitrogens with one attached hydrogen (secondary N) is 1. The van der Waals surface area contributed by atoms with Gasteiger partial charge in [0.2, 0.25) is 0 Å². The monoisotopic (exact) mass is 319 g/mol. The number of unbranched alkanes of at least 4 members (excludes halogenated alkanes) is 2. The third-order valence-corrected chi connectivity index (χ3v) is 3.80. The molecule has 0 spiro atoms. The van der Waals surface area contributed by atoms with Crippen molar-refractivity contribution < 1.29 is 4.79 Å². The summed E-state index contributed by atoms with van der Waals surface area (Å²) in [6.45, 7) is 4.87. The summed E-state index contributed by atoms with van der Waals surface area (Å²) in [5.41, 5.74) is 2.41. The number of nitrogens with zero attached hydrogens (tertiary/aromatic N) is 2. The van der Waals surface area contributed by atoms with Crippen molar-refractivity contribution in [3.05, 3.63) is 46.7 Å². The van der Waals surface area contributed by atoms with Crippen LogP contribution in [-0.2, 0) is 6.42 Å². The third kappa shape index (κ3) is 3.89. The van der Waals surface area contributed by atoms with Gasteiger partial charge >= 0.3 is 0 Å². The summed E-state index contributed by atoms with van der Waals surface area (Å²) in [5.74, 6) is -0.0544. The lowest BCUT2D eigenvalue weighted by molar-refractivity contribution is 0.0952. The largest absolute Gasteiger partial charge is 0.352 e. The topological polar surface area (TPSA) is 46.9 Å². The Kier molecular flexibility index (Phi) is 6.01. The average Bonchev–Trinajstić information content (AvgIpc) is 2.95. The molecule has 1 aromatic heterocycles. The Morgan fingerprint density at radius 1 is 1.32 bits per heavy atom. The number of benzene rings is 1. The Morgan fingerprint density at radius 3 is 2.82 bits per heavy atom. The summed E-state index contributed by atoms with van der Waals surface area (Å²) in [6.07, 6.45) is 5.64. The van der Waals surface area contributed by atoms with Gasteiger partial charge in [0.25, 0.3) is 5.91 Å². The van der Waals surface area contributed by atoms with Crippen molar-refractivity contribution in [2.45, 2.75) is 39.5 Å². The maximum absolute atomic E-state index is 12.3. The predicted octanol–water partition coefficient (Wildman–Crippen LogP) is 4.01. The van der Waals surface area contributed by atoms with Crippen molar-refractivity contribution in [3.63, 3.8) is 0 Å². The Hall–Kier alpha value is -1.81. The molecule has 2 aromatic rings. The van der Waals surface area contributed by atoms with Gasteiger partial charge < -0.3 is 5.32 Å². The van der Waals surface area contributed by atoms with Crippen LogP contribution in [0.4, 0.5) is 0 Å². The van der Waals surface area contributed by atoms with Crippen LogP contribution in [0.15, 0.2) is 30.5 Å². The summed E-state index contributed by atoms with van der Waals surface area (Å²) in [7, 11) is 0. The molecule has 0 aliphatic carbocycles. The lowest BCUT2D eigenvalue weighted by atomic mass is 10.2. The van der Waals surface area contributed by atoms with Crippen molar-refractivity contribution in [1.29, 1.82) is 0 Å². The minimum absolute atomic E-state index is 0.0544. The molecule has 1 heterocycles. The van der Waals surface area contributed by atoms with E-state index in [9.17, 15) is 4.79 Å². The SMILES string of the molecule is CCCCCNC(=O)c1cnn(-c2cccc(Cl)c2)c1CC. The lowest BCUT2D eigenvalue weighted by Crippen LogP contribution is -2.25. The van der Waals surface area contributed by atoms with Crippen LogP contribution in [0.5, 0.6) is 0 Å². The zero-order valence-electron chi connectivity index (χ0n) is 13.1. The number of halogens is 1. The van der Waals surface area contributed by atoms with Gasteiger partial charge in [0, 0.05) is 11.6 Å². The van der Waals surface area contributed by atoms with Crippen LogP contribution in [-0.4, -0.2) is 22.2 Å². The number of amides is 1. The first kappa shape index (κ1) is 16.6. The van der Waals surface area contributed by atoms with Crippen LogP contribution in [0.25, 0.3) is 5.69 Å². The van der Waals surface area contributed by atoms with E-state index in [0.29, 0.717) is 17.1 Å². The number of carbonyl (C=O) groups excluding carboxylic acids is 1. The molecule has 0 radical (unpaired) electrons. The number of hydrogen-bond donors (Lipinski definition) is 1. The molecule has 22 heavy (non-hydrogen) atoms. The zero-order chi connectivity index (χ0) is 15.9. The summed E-state index contributed by atoms with van der Waals surface area (Å²) in [5, 5.41) is 7.98. The van der Waals surface area contributed by atoms with Gasteiger partial charge in [-0.1, -0.05) is 44.4 Å². The molecule has 4 nitrogen and oxygen atoms in total. The molecule has 0 unspecified atom stereocenters. The molecule has 118 valence electrons. The van der Waals surface area contributed by atoms with Gasteiger partial charge in [-0.3, -0.25) is 4.79 Å². The quantitative estimate of drug-likeness (QED) is 0.784. The van der Waals surface area contributed by atoms with Crippen LogP contribution in [0, 0.1) is 0 Å². The second-order valence-corrected chi connectivity index (χ2v) is 5.65. The summed E-state index contributed by atoms with van der Waals surface area (Å²) >= 11 is 6.04. The van der Waals surface area contributed by atoms with Crippen LogP contribution >= 0.6 is 11.6 Å².